The summed E-state index contributed by atoms with van der Waals surface area (Å²) < 4.78 is 13.0. The Kier molecular flexibility index (Phi) is 3.76. The first-order valence-corrected chi connectivity index (χ1v) is 5.85. The summed E-state index contributed by atoms with van der Waals surface area (Å²) in [5.41, 5.74) is -0.0740. The summed E-state index contributed by atoms with van der Waals surface area (Å²) in [7, 11) is 0. The lowest BCUT2D eigenvalue weighted by Crippen LogP contribution is -2.50. The van der Waals surface area contributed by atoms with E-state index in [9.17, 15) is 14.0 Å². The van der Waals surface area contributed by atoms with Gasteiger partial charge in [0.25, 0.3) is 5.91 Å². The highest BCUT2D eigenvalue weighted by Gasteiger charge is 2.25. The Morgan fingerprint density at radius 1 is 1.61 bits per heavy atom. The maximum Gasteiger partial charge on any atom is 0.255 e. The van der Waals surface area contributed by atoms with Crippen LogP contribution in [-0.2, 0) is 4.79 Å². The molecule has 5 nitrogen and oxygen atoms in total. The van der Waals surface area contributed by atoms with Gasteiger partial charge < -0.3 is 10.6 Å². The smallest absolute Gasteiger partial charge is 0.255 e. The van der Waals surface area contributed by atoms with Gasteiger partial charge in [-0.25, -0.2) is 9.37 Å². The van der Waals surface area contributed by atoms with Crippen molar-refractivity contribution >= 4 is 23.4 Å². The minimum atomic E-state index is -0.655. The highest BCUT2D eigenvalue weighted by atomic mass is 35.5. The van der Waals surface area contributed by atoms with Crippen molar-refractivity contribution in [3.63, 3.8) is 0 Å². The number of nitrogens with one attached hydrogen (secondary N) is 2. The van der Waals surface area contributed by atoms with Crippen LogP contribution in [0.1, 0.15) is 23.2 Å². The van der Waals surface area contributed by atoms with E-state index in [1.54, 1.807) is 0 Å². The molecular weight excluding hydrogens is 261 g/mol. The zero-order chi connectivity index (χ0) is 13.1. The maximum absolute atomic E-state index is 13.0. The van der Waals surface area contributed by atoms with Crippen LogP contribution < -0.4 is 10.6 Å². The van der Waals surface area contributed by atoms with Gasteiger partial charge in [0.2, 0.25) is 5.91 Å². The van der Waals surface area contributed by atoms with Crippen LogP contribution in [0.3, 0.4) is 0 Å². The summed E-state index contributed by atoms with van der Waals surface area (Å²) in [4.78, 5) is 26.9. The second-order valence-electron chi connectivity index (χ2n) is 3.95. The van der Waals surface area contributed by atoms with Crippen molar-refractivity contribution in [2.24, 2.45) is 0 Å². The van der Waals surface area contributed by atoms with E-state index < -0.39 is 17.8 Å². The molecule has 1 aromatic heterocycles. The van der Waals surface area contributed by atoms with Gasteiger partial charge in [-0.15, -0.1) is 0 Å². The molecule has 1 unspecified atom stereocenters. The van der Waals surface area contributed by atoms with Crippen LogP contribution in [0.5, 0.6) is 0 Å². The molecule has 2 N–H and O–H groups in total. The molecule has 1 saturated heterocycles. The van der Waals surface area contributed by atoms with Crippen LogP contribution in [-0.4, -0.2) is 29.4 Å². The quantitative estimate of drug-likeness (QED) is 0.785. The molecule has 2 rings (SSSR count). The minimum Gasteiger partial charge on any atom is -0.354 e. The van der Waals surface area contributed by atoms with E-state index in [0.717, 1.165) is 18.7 Å². The molecule has 2 heterocycles. The molecule has 1 aliphatic heterocycles. The maximum atomic E-state index is 13.0. The van der Waals surface area contributed by atoms with E-state index in [1.165, 1.54) is 0 Å². The molecule has 0 aliphatic carbocycles. The highest BCUT2D eigenvalue weighted by Crippen LogP contribution is 2.14. The number of hydrogen-bond acceptors (Lipinski definition) is 3. The Labute approximate surface area is 108 Å². The SMILES string of the molecule is O=C(NC1CCCNC1=O)c1cc(F)cnc1Cl. The second kappa shape index (κ2) is 5.30. The van der Waals surface area contributed by atoms with Gasteiger partial charge in [-0.2, -0.15) is 0 Å². The van der Waals surface area contributed by atoms with Crippen LogP contribution in [0.15, 0.2) is 12.3 Å². The fourth-order valence-corrected chi connectivity index (χ4v) is 1.92. The summed E-state index contributed by atoms with van der Waals surface area (Å²) in [5, 5.41) is 5.06. The molecule has 7 heteroatoms. The first-order chi connectivity index (χ1) is 8.58. The molecule has 2 amide bonds. The molecule has 0 bridgehead atoms. The van der Waals surface area contributed by atoms with Gasteiger partial charge in [-0.05, 0) is 18.9 Å². The number of halogens is 2. The largest absolute Gasteiger partial charge is 0.354 e. The third-order valence-electron chi connectivity index (χ3n) is 2.64. The number of amides is 2. The van der Waals surface area contributed by atoms with Crippen LogP contribution in [0.25, 0.3) is 0 Å². The summed E-state index contributed by atoms with van der Waals surface area (Å²) in [6.07, 6.45) is 2.26. The van der Waals surface area contributed by atoms with E-state index in [-0.39, 0.29) is 16.6 Å². The molecule has 0 saturated carbocycles. The van der Waals surface area contributed by atoms with E-state index in [0.29, 0.717) is 13.0 Å². The van der Waals surface area contributed by atoms with Crippen LogP contribution >= 0.6 is 11.6 Å². The van der Waals surface area contributed by atoms with E-state index in [4.69, 9.17) is 11.6 Å². The van der Waals surface area contributed by atoms with Crippen molar-refractivity contribution in [1.29, 1.82) is 0 Å². The Bertz CT molecular complexity index is 495. The normalized spacial score (nSPS) is 19.2. The summed E-state index contributed by atoms with van der Waals surface area (Å²) >= 11 is 5.71. The van der Waals surface area contributed by atoms with Crippen molar-refractivity contribution in [2.75, 3.05) is 6.54 Å². The zero-order valence-corrected chi connectivity index (χ0v) is 10.1. The lowest BCUT2D eigenvalue weighted by atomic mass is 10.1. The van der Waals surface area contributed by atoms with Gasteiger partial charge in [-0.3, -0.25) is 9.59 Å². The van der Waals surface area contributed by atoms with Gasteiger partial charge in [0.15, 0.2) is 0 Å². The average Bonchev–Trinajstić information content (AvgIpc) is 2.35. The molecule has 1 aliphatic rings. The third kappa shape index (κ3) is 2.76. The van der Waals surface area contributed by atoms with Gasteiger partial charge in [0.1, 0.15) is 17.0 Å². The van der Waals surface area contributed by atoms with Gasteiger partial charge in [-0.1, -0.05) is 11.6 Å². The summed E-state index contributed by atoms with van der Waals surface area (Å²) in [6.45, 7) is 0.605. The molecule has 1 aromatic rings. The lowest BCUT2D eigenvalue weighted by Gasteiger charge is -2.22. The molecular formula is C11H11ClFN3O2. The molecule has 0 radical (unpaired) electrons. The van der Waals surface area contributed by atoms with Crippen molar-refractivity contribution in [2.45, 2.75) is 18.9 Å². The predicted octanol–water partition coefficient (Wildman–Crippen LogP) is 0.882. The van der Waals surface area contributed by atoms with Gasteiger partial charge in [0, 0.05) is 6.54 Å². The minimum absolute atomic E-state index is 0.0740. The fraction of sp³-hybridized carbons (Fsp3) is 0.364. The molecule has 18 heavy (non-hydrogen) atoms. The molecule has 96 valence electrons. The van der Waals surface area contributed by atoms with Crippen LogP contribution in [0, 0.1) is 5.82 Å². The molecule has 1 fully saturated rings. The summed E-state index contributed by atoms with van der Waals surface area (Å²) in [6, 6.07) is 0.386. The number of pyridine rings is 1. The molecule has 0 aromatic carbocycles. The number of hydrogen-bond donors (Lipinski definition) is 2. The zero-order valence-electron chi connectivity index (χ0n) is 9.37. The second-order valence-corrected chi connectivity index (χ2v) is 4.31. The molecule has 1 atom stereocenters. The number of piperidine rings is 1. The first-order valence-electron chi connectivity index (χ1n) is 5.47. The fourth-order valence-electron chi connectivity index (χ4n) is 1.73. The third-order valence-corrected chi connectivity index (χ3v) is 2.94. The monoisotopic (exact) mass is 271 g/mol. The Hall–Kier alpha value is -1.69. The molecule has 0 spiro atoms. The number of aromatic nitrogens is 1. The number of nitrogens with zero attached hydrogens (tertiary/aromatic N) is 1. The Morgan fingerprint density at radius 2 is 2.39 bits per heavy atom. The average molecular weight is 272 g/mol. The van der Waals surface area contributed by atoms with Crippen LogP contribution in [0.4, 0.5) is 4.39 Å². The van der Waals surface area contributed by atoms with Crippen molar-refractivity contribution in [3.05, 3.63) is 28.8 Å². The number of rotatable bonds is 2. The van der Waals surface area contributed by atoms with E-state index in [1.807, 2.05) is 0 Å². The van der Waals surface area contributed by atoms with E-state index >= 15 is 0 Å². The van der Waals surface area contributed by atoms with Crippen molar-refractivity contribution < 1.29 is 14.0 Å². The number of carbonyl (C=O) groups excluding carboxylic acids is 2. The van der Waals surface area contributed by atoms with Crippen molar-refractivity contribution in [1.82, 2.24) is 15.6 Å². The standard InChI is InChI=1S/C11H11ClFN3O2/c12-9-7(4-6(13)5-15-9)10(17)16-8-2-1-3-14-11(8)18/h4-5,8H,1-3H2,(H,14,18)(H,16,17). The Morgan fingerprint density at radius 3 is 3.11 bits per heavy atom. The van der Waals surface area contributed by atoms with E-state index in [2.05, 4.69) is 15.6 Å². The van der Waals surface area contributed by atoms with Crippen LogP contribution in [0.2, 0.25) is 5.15 Å². The van der Waals surface area contributed by atoms with Gasteiger partial charge in [0.05, 0.1) is 11.8 Å². The van der Waals surface area contributed by atoms with Gasteiger partial charge >= 0.3 is 0 Å². The predicted molar refractivity (Wildman–Crippen MR) is 62.7 cm³/mol. The lowest BCUT2D eigenvalue weighted by molar-refractivity contribution is -0.124. The summed E-state index contributed by atoms with van der Waals surface area (Å²) in [5.74, 6) is -1.50. The number of carbonyl (C=O) groups is 2. The first kappa shape index (κ1) is 12.8. The Balaban J connectivity index is 2.11. The van der Waals surface area contributed by atoms with Crippen molar-refractivity contribution in [3.8, 4) is 0 Å². The highest BCUT2D eigenvalue weighted by molar-refractivity contribution is 6.32. The topological polar surface area (TPSA) is 71.1 Å².